The number of carbonyl (C=O) groups is 1. The molecule has 1 aliphatic rings. The van der Waals surface area contributed by atoms with E-state index in [0.29, 0.717) is 37.7 Å². The maximum atomic E-state index is 12.5. The van der Waals surface area contributed by atoms with Crippen LogP contribution in [0.5, 0.6) is 0 Å². The van der Waals surface area contributed by atoms with E-state index in [2.05, 4.69) is 10.3 Å². The Labute approximate surface area is 168 Å². The van der Waals surface area contributed by atoms with Crippen molar-refractivity contribution in [1.29, 1.82) is 0 Å². The highest BCUT2D eigenvalue weighted by Gasteiger charge is 2.25. The van der Waals surface area contributed by atoms with E-state index >= 15 is 0 Å². The third-order valence-corrected chi connectivity index (χ3v) is 6.05. The molecule has 0 saturated carbocycles. The van der Waals surface area contributed by atoms with Crippen LogP contribution in [0.25, 0.3) is 0 Å². The van der Waals surface area contributed by atoms with Gasteiger partial charge in [0.2, 0.25) is 10.0 Å². The summed E-state index contributed by atoms with van der Waals surface area (Å²) in [5, 5.41) is 13.9. The van der Waals surface area contributed by atoms with E-state index in [4.69, 9.17) is 0 Å². The van der Waals surface area contributed by atoms with Gasteiger partial charge in [-0.05, 0) is 17.1 Å². The summed E-state index contributed by atoms with van der Waals surface area (Å²) in [4.78, 5) is 28.9. The fraction of sp³-hybridized carbons (Fsp3) is 0.412. The molecule has 0 bridgehead atoms. The Bertz CT molecular complexity index is 1030. The molecule has 1 aromatic carbocycles. The molecular weight excluding hydrogens is 400 g/mol. The van der Waals surface area contributed by atoms with Crippen LogP contribution >= 0.6 is 0 Å². The summed E-state index contributed by atoms with van der Waals surface area (Å²) in [6.45, 7) is 3.06. The third kappa shape index (κ3) is 4.71. The van der Waals surface area contributed by atoms with Crippen molar-refractivity contribution in [2.45, 2.75) is 13.5 Å². The highest BCUT2D eigenvalue weighted by molar-refractivity contribution is 7.88. The molecule has 2 heterocycles. The minimum absolute atomic E-state index is 0.238. The van der Waals surface area contributed by atoms with Crippen LogP contribution in [0.3, 0.4) is 0 Å². The van der Waals surface area contributed by atoms with Crippen LogP contribution in [0.1, 0.15) is 5.82 Å². The first-order valence-corrected chi connectivity index (χ1v) is 10.8. The minimum atomic E-state index is -3.23. The van der Waals surface area contributed by atoms with Crippen molar-refractivity contribution in [3.63, 3.8) is 0 Å². The molecule has 3 rings (SSSR count). The highest BCUT2D eigenvalue weighted by Crippen LogP contribution is 2.27. The van der Waals surface area contributed by atoms with Crippen LogP contribution in [-0.2, 0) is 21.4 Å². The molecule has 1 aromatic heterocycles. The molecule has 29 heavy (non-hydrogen) atoms. The van der Waals surface area contributed by atoms with Crippen molar-refractivity contribution in [2.24, 2.45) is 0 Å². The van der Waals surface area contributed by atoms with Gasteiger partial charge in [0.25, 0.3) is 5.91 Å². The number of imidazole rings is 1. The van der Waals surface area contributed by atoms with E-state index in [1.165, 1.54) is 15.1 Å². The Morgan fingerprint density at radius 1 is 1.24 bits per heavy atom. The Morgan fingerprint density at radius 3 is 2.52 bits per heavy atom. The largest absolute Gasteiger partial charge is 0.367 e. The zero-order valence-corrected chi connectivity index (χ0v) is 16.9. The standard InChI is InChI=1S/C17H22N6O5S/c1-13-18-11-17(23(25)26)22(13)12-16(24)19-14-5-3-4-6-15(14)20-7-9-21(10-8-20)29(2,27)28/h3-6,11H,7-10,12H2,1-2H3,(H,19,24). The van der Waals surface area contributed by atoms with E-state index in [-0.39, 0.29) is 12.4 Å². The summed E-state index contributed by atoms with van der Waals surface area (Å²) in [5.74, 6) is -0.295. The Kier molecular flexibility index (Phi) is 5.84. The van der Waals surface area contributed by atoms with Gasteiger partial charge in [0.05, 0.1) is 17.6 Å². The summed E-state index contributed by atoms with van der Waals surface area (Å²) in [7, 11) is -3.23. The van der Waals surface area contributed by atoms with Crippen molar-refractivity contribution in [3.05, 3.63) is 46.4 Å². The molecule has 0 radical (unpaired) electrons. The highest BCUT2D eigenvalue weighted by atomic mass is 32.2. The number of carbonyl (C=O) groups excluding carboxylic acids is 1. The van der Waals surface area contributed by atoms with Gasteiger partial charge >= 0.3 is 5.82 Å². The van der Waals surface area contributed by atoms with E-state index in [1.54, 1.807) is 19.1 Å². The second-order valence-electron chi connectivity index (χ2n) is 6.72. The molecule has 1 aliphatic heterocycles. The second kappa shape index (κ2) is 8.17. The number of benzene rings is 1. The number of nitro groups is 1. The number of nitrogens with zero attached hydrogens (tertiary/aromatic N) is 5. The molecule has 0 atom stereocenters. The van der Waals surface area contributed by atoms with Crippen LogP contribution in [0.4, 0.5) is 17.2 Å². The van der Waals surface area contributed by atoms with Gasteiger partial charge in [-0.2, -0.15) is 4.31 Å². The summed E-state index contributed by atoms with van der Waals surface area (Å²) in [6.07, 6.45) is 2.31. The summed E-state index contributed by atoms with van der Waals surface area (Å²) in [5.41, 5.74) is 1.33. The molecule has 0 unspecified atom stereocenters. The summed E-state index contributed by atoms with van der Waals surface area (Å²) < 4.78 is 26.0. The molecular formula is C17H22N6O5S. The average Bonchev–Trinajstić information content (AvgIpc) is 3.02. The van der Waals surface area contributed by atoms with Gasteiger partial charge in [0.1, 0.15) is 6.20 Å². The molecule has 12 heteroatoms. The first-order chi connectivity index (χ1) is 13.7. The van der Waals surface area contributed by atoms with Gasteiger partial charge in [-0.25, -0.2) is 18.0 Å². The first-order valence-electron chi connectivity index (χ1n) is 8.92. The number of amides is 1. The van der Waals surface area contributed by atoms with Gasteiger partial charge in [-0.15, -0.1) is 0 Å². The van der Waals surface area contributed by atoms with Crippen molar-refractivity contribution in [3.8, 4) is 0 Å². The van der Waals surface area contributed by atoms with Crippen molar-refractivity contribution in [2.75, 3.05) is 42.7 Å². The topological polar surface area (TPSA) is 131 Å². The lowest BCUT2D eigenvalue weighted by atomic mass is 10.2. The van der Waals surface area contributed by atoms with E-state index in [1.807, 2.05) is 17.0 Å². The SMILES string of the molecule is Cc1ncc([N+](=O)[O-])n1CC(=O)Nc1ccccc1N1CCN(S(C)(=O)=O)CC1. The van der Waals surface area contributed by atoms with Crippen molar-refractivity contribution < 1.29 is 18.1 Å². The number of hydrogen-bond donors (Lipinski definition) is 1. The molecule has 2 aromatic rings. The Balaban J connectivity index is 1.73. The van der Waals surface area contributed by atoms with E-state index < -0.39 is 20.9 Å². The number of para-hydroxylation sites is 2. The number of aromatic nitrogens is 2. The number of sulfonamides is 1. The van der Waals surface area contributed by atoms with Crippen LogP contribution in [-0.4, -0.2) is 65.5 Å². The lowest BCUT2D eigenvalue weighted by Gasteiger charge is -2.35. The molecule has 0 aliphatic carbocycles. The maximum absolute atomic E-state index is 12.5. The zero-order valence-electron chi connectivity index (χ0n) is 16.1. The molecule has 11 nitrogen and oxygen atoms in total. The van der Waals surface area contributed by atoms with E-state index in [9.17, 15) is 23.3 Å². The van der Waals surface area contributed by atoms with Gasteiger partial charge in [0.15, 0.2) is 12.4 Å². The third-order valence-electron chi connectivity index (χ3n) is 4.75. The van der Waals surface area contributed by atoms with Crippen LogP contribution in [0, 0.1) is 17.0 Å². The van der Waals surface area contributed by atoms with Gasteiger partial charge in [0, 0.05) is 33.1 Å². The smallest absolute Gasteiger partial charge is 0.343 e. The number of rotatable bonds is 6. The average molecular weight is 422 g/mol. The molecule has 1 saturated heterocycles. The lowest BCUT2D eigenvalue weighted by molar-refractivity contribution is -0.392. The van der Waals surface area contributed by atoms with E-state index in [0.717, 1.165) is 11.9 Å². The summed E-state index contributed by atoms with van der Waals surface area (Å²) in [6, 6.07) is 7.19. The number of aryl methyl sites for hydroxylation is 1. The molecule has 1 amide bonds. The van der Waals surface area contributed by atoms with Crippen LogP contribution in [0.15, 0.2) is 30.5 Å². The van der Waals surface area contributed by atoms with Crippen molar-refractivity contribution >= 4 is 33.1 Å². The monoisotopic (exact) mass is 422 g/mol. The number of anilines is 2. The van der Waals surface area contributed by atoms with Gasteiger partial charge in [-0.1, -0.05) is 12.1 Å². The normalized spacial score (nSPS) is 15.3. The molecule has 1 fully saturated rings. The fourth-order valence-corrected chi connectivity index (χ4v) is 4.07. The number of hydrogen-bond acceptors (Lipinski definition) is 7. The predicted molar refractivity (Wildman–Crippen MR) is 107 cm³/mol. The van der Waals surface area contributed by atoms with Gasteiger partial charge < -0.3 is 20.3 Å². The number of nitrogens with one attached hydrogen (secondary N) is 1. The fourth-order valence-electron chi connectivity index (χ4n) is 3.25. The first kappa shape index (κ1) is 20.7. The lowest BCUT2D eigenvalue weighted by Crippen LogP contribution is -2.48. The zero-order chi connectivity index (χ0) is 21.2. The minimum Gasteiger partial charge on any atom is -0.367 e. The van der Waals surface area contributed by atoms with Crippen LogP contribution in [0.2, 0.25) is 0 Å². The van der Waals surface area contributed by atoms with Gasteiger partial charge in [-0.3, -0.25) is 4.79 Å². The molecule has 1 N–H and O–H groups in total. The predicted octanol–water partition coefficient (Wildman–Crippen LogP) is 0.820. The Hall–Kier alpha value is -2.99. The molecule has 0 spiro atoms. The quantitative estimate of drug-likeness (QED) is 0.539. The van der Waals surface area contributed by atoms with Crippen molar-refractivity contribution in [1.82, 2.24) is 13.9 Å². The van der Waals surface area contributed by atoms with Crippen LogP contribution < -0.4 is 10.2 Å². The second-order valence-corrected chi connectivity index (χ2v) is 8.70. The Morgan fingerprint density at radius 2 is 1.90 bits per heavy atom. The molecule has 156 valence electrons. The summed E-state index contributed by atoms with van der Waals surface area (Å²) >= 11 is 0. The maximum Gasteiger partial charge on any atom is 0.343 e. The number of piperazine rings is 1.